The Kier molecular flexibility index (Phi) is 2.38. The molecule has 0 unspecified atom stereocenters. The van der Waals surface area contributed by atoms with E-state index in [0.29, 0.717) is 0 Å². The van der Waals surface area contributed by atoms with Crippen molar-refractivity contribution in [2.75, 3.05) is 17.6 Å². The average molecular weight is 212 g/mol. The molecule has 42 valence electrons. The van der Waals surface area contributed by atoms with E-state index in [0.717, 1.165) is 19.1 Å². The summed E-state index contributed by atoms with van der Waals surface area (Å²) in [7, 11) is 0. The van der Waals surface area contributed by atoms with Crippen LogP contribution in [0.15, 0.2) is 0 Å². The predicted octanol–water partition coefficient (Wildman–Crippen LogP) is 1.46. The average Bonchev–Trinajstić information content (AvgIpc) is 2.14. The third kappa shape index (κ3) is 1.57. The van der Waals surface area contributed by atoms with Crippen LogP contribution in [0.1, 0.15) is 6.42 Å². The normalized spacial score (nSPS) is 31.3. The van der Waals surface area contributed by atoms with E-state index in [-0.39, 0.29) is 0 Å². The zero-order valence-electron chi connectivity index (χ0n) is 4.19. The van der Waals surface area contributed by atoms with Gasteiger partial charge in [-0.05, 0) is 12.3 Å². The first-order chi connectivity index (χ1) is 3.43. The van der Waals surface area contributed by atoms with Crippen LogP contribution in [-0.4, -0.2) is 17.6 Å². The van der Waals surface area contributed by atoms with Crippen LogP contribution in [0.5, 0.6) is 0 Å². The third-order valence-corrected chi connectivity index (χ3v) is 2.49. The Bertz CT molecular complexity index is 50.0. The second kappa shape index (κ2) is 2.87. The smallest absolute Gasteiger partial charge is 0.0502 e. The van der Waals surface area contributed by atoms with Crippen molar-refractivity contribution in [3.8, 4) is 0 Å². The Morgan fingerprint density at radius 3 is 2.86 bits per heavy atom. The molecule has 0 saturated carbocycles. The van der Waals surface area contributed by atoms with Crippen molar-refractivity contribution < 1.29 is 4.74 Å². The Labute approximate surface area is 57.6 Å². The van der Waals surface area contributed by atoms with Crippen LogP contribution in [0.2, 0.25) is 0 Å². The van der Waals surface area contributed by atoms with Crippen LogP contribution in [0.4, 0.5) is 0 Å². The van der Waals surface area contributed by atoms with Crippen LogP contribution >= 0.6 is 22.6 Å². The summed E-state index contributed by atoms with van der Waals surface area (Å²) >= 11 is 2.41. The molecule has 0 aromatic heterocycles. The van der Waals surface area contributed by atoms with Gasteiger partial charge in [-0.15, -0.1) is 0 Å². The van der Waals surface area contributed by atoms with E-state index in [1.165, 1.54) is 10.8 Å². The fourth-order valence-corrected chi connectivity index (χ4v) is 1.40. The minimum absolute atomic E-state index is 0.862. The Hall–Kier alpha value is 0.690. The van der Waals surface area contributed by atoms with Crippen molar-refractivity contribution in [2.24, 2.45) is 5.92 Å². The van der Waals surface area contributed by atoms with E-state index in [1.54, 1.807) is 0 Å². The molecule has 0 radical (unpaired) electrons. The quantitative estimate of drug-likeness (QED) is 0.472. The lowest BCUT2D eigenvalue weighted by Gasteiger charge is -1.96. The Morgan fingerprint density at radius 2 is 2.57 bits per heavy atom. The van der Waals surface area contributed by atoms with Gasteiger partial charge in [0.05, 0.1) is 6.61 Å². The molecule has 1 aliphatic heterocycles. The van der Waals surface area contributed by atoms with Crippen LogP contribution in [-0.2, 0) is 4.74 Å². The van der Waals surface area contributed by atoms with Gasteiger partial charge in [0.2, 0.25) is 0 Å². The van der Waals surface area contributed by atoms with E-state index >= 15 is 0 Å². The van der Waals surface area contributed by atoms with Gasteiger partial charge in [0.1, 0.15) is 0 Å². The van der Waals surface area contributed by atoms with Crippen LogP contribution in [0, 0.1) is 5.92 Å². The number of hydrogen-bond donors (Lipinski definition) is 0. The summed E-state index contributed by atoms with van der Waals surface area (Å²) in [4.78, 5) is 0. The van der Waals surface area contributed by atoms with Gasteiger partial charge in [-0.2, -0.15) is 0 Å². The highest BCUT2D eigenvalue weighted by Gasteiger charge is 2.12. The van der Waals surface area contributed by atoms with Gasteiger partial charge in [0, 0.05) is 11.0 Å². The van der Waals surface area contributed by atoms with Gasteiger partial charge in [-0.1, -0.05) is 22.6 Å². The second-order valence-corrected chi connectivity index (χ2v) is 2.76. The molecular formula is C5H9IO. The van der Waals surface area contributed by atoms with Crippen molar-refractivity contribution in [1.29, 1.82) is 0 Å². The summed E-state index contributed by atoms with van der Waals surface area (Å²) in [5.41, 5.74) is 0. The van der Waals surface area contributed by atoms with E-state index in [9.17, 15) is 0 Å². The maximum Gasteiger partial charge on any atom is 0.0502 e. The summed E-state index contributed by atoms with van der Waals surface area (Å²) in [6.07, 6.45) is 1.28. The monoisotopic (exact) mass is 212 g/mol. The molecule has 0 spiro atoms. The third-order valence-electron chi connectivity index (χ3n) is 1.24. The Balaban J connectivity index is 2.14. The largest absolute Gasteiger partial charge is 0.381 e. The molecule has 0 amide bonds. The van der Waals surface area contributed by atoms with E-state index in [1.807, 2.05) is 0 Å². The molecule has 1 rings (SSSR count). The van der Waals surface area contributed by atoms with E-state index in [4.69, 9.17) is 4.74 Å². The lowest BCUT2D eigenvalue weighted by molar-refractivity contribution is 0.189. The molecule has 0 aromatic rings. The molecule has 1 saturated heterocycles. The van der Waals surface area contributed by atoms with E-state index in [2.05, 4.69) is 22.6 Å². The van der Waals surface area contributed by atoms with Crippen LogP contribution in [0.25, 0.3) is 0 Å². The van der Waals surface area contributed by atoms with E-state index < -0.39 is 0 Å². The summed E-state index contributed by atoms with van der Waals surface area (Å²) in [6.45, 7) is 2.00. The van der Waals surface area contributed by atoms with Gasteiger partial charge < -0.3 is 4.74 Å². The molecule has 1 heterocycles. The minimum Gasteiger partial charge on any atom is -0.381 e. The number of alkyl halides is 1. The molecule has 1 aliphatic rings. The molecule has 1 fully saturated rings. The van der Waals surface area contributed by atoms with Crippen molar-refractivity contribution in [3.05, 3.63) is 0 Å². The lowest BCUT2D eigenvalue weighted by atomic mass is 10.2. The van der Waals surface area contributed by atoms with Crippen molar-refractivity contribution in [1.82, 2.24) is 0 Å². The SMILES string of the molecule is IC[C@@H]1CCOC1. The van der Waals surface area contributed by atoms with Gasteiger partial charge >= 0.3 is 0 Å². The first-order valence-corrected chi connectivity index (χ1v) is 4.09. The maximum absolute atomic E-state index is 5.14. The summed E-state index contributed by atoms with van der Waals surface area (Å²) < 4.78 is 6.40. The number of hydrogen-bond acceptors (Lipinski definition) is 1. The molecule has 0 N–H and O–H groups in total. The topological polar surface area (TPSA) is 9.23 Å². The molecule has 0 bridgehead atoms. The summed E-state index contributed by atoms with van der Waals surface area (Å²) in [5.74, 6) is 0.862. The van der Waals surface area contributed by atoms with Gasteiger partial charge in [0.25, 0.3) is 0 Å². The fourth-order valence-electron chi connectivity index (χ4n) is 0.705. The number of rotatable bonds is 1. The zero-order chi connectivity index (χ0) is 5.11. The second-order valence-electron chi connectivity index (χ2n) is 1.88. The summed E-state index contributed by atoms with van der Waals surface area (Å²) in [5, 5.41) is 0. The Morgan fingerprint density at radius 1 is 1.71 bits per heavy atom. The number of halogens is 1. The highest BCUT2D eigenvalue weighted by Crippen LogP contribution is 2.13. The predicted molar refractivity (Wildman–Crippen MR) is 37.8 cm³/mol. The van der Waals surface area contributed by atoms with Crippen molar-refractivity contribution >= 4 is 22.6 Å². The number of ether oxygens (including phenoxy) is 1. The molecule has 0 aliphatic carbocycles. The molecule has 0 aromatic carbocycles. The van der Waals surface area contributed by atoms with Crippen LogP contribution in [0.3, 0.4) is 0 Å². The van der Waals surface area contributed by atoms with Crippen LogP contribution < -0.4 is 0 Å². The van der Waals surface area contributed by atoms with Gasteiger partial charge in [0.15, 0.2) is 0 Å². The van der Waals surface area contributed by atoms with Crippen molar-refractivity contribution in [2.45, 2.75) is 6.42 Å². The first kappa shape index (κ1) is 5.82. The molecule has 1 nitrogen and oxygen atoms in total. The highest BCUT2D eigenvalue weighted by molar-refractivity contribution is 14.1. The first-order valence-electron chi connectivity index (χ1n) is 2.57. The molecule has 2 heteroatoms. The molecule has 7 heavy (non-hydrogen) atoms. The minimum atomic E-state index is 0.862. The van der Waals surface area contributed by atoms with Crippen molar-refractivity contribution in [3.63, 3.8) is 0 Å². The molecular weight excluding hydrogens is 203 g/mol. The fraction of sp³-hybridized carbons (Fsp3) is 1.00. The molecule has 1 atom stereocenters. The van der Waals surface area contributed by atoms with Gasteiger partial charge in [-0.25, -0.2) is 0 Å². The maximum atomic E-state index is 5.14. The standard InChI is InChI=1S/C5H9IO/c6-3-5-1-2-7-4-5/h5H,1-4H2/t5-/m0/s1. The van der Waals surface area contributed by atoms with Gasteiger partial charge in [-0.3, -0.25) is 0 Å². The lowest BCUT2D eigenvalue weighted by Crippen LogP contribution is -1.98. The zero-order valence-corrected chi connectivity index (χ0v) is 6.35. The highest BCUT2D eigenvalue weighted by atomic mass is 127. The summed E-state index contributed by atoms with van der Waals surface area (Å²) in [6, 6.07) is 0.